The Morgan fingerprint density at radius 1 is 1.11 bits per heavy atom. The number of alkyl halides is 3. The van der Waals surface area contributed by atoms with Gasteiger partial charge in [0.2, 0.25) is 5.16 Å². The van der Waals surface area contributed by atoms with E-state index in [-0.39, 0.29) is 11.5 Å². The zero-order valence-electron chi connectivity index (χ0n) is 14.1. The SMILES string of the molecule is Oc1ccc(C2(CSc3nnnn3-c3ccc(C(F)(F)F)cc3)CO2)cc1O. The fraction of sp³-hybridized carbons (Fsp3) is 0.235. The molecular weight excluding hydrogens is 397 g/mol. The second-order valence-corrected chi connectivity index (χ2v) is 7.14. The molecule has 2 heterocycles. The van der Waals surface area contributed by atoms with Crippen molar-refractivity contribution in [2.45, 2.75) is 16.9 Å². The molecular formula is C17H13F3N4O3S. The summed E-state index contributed by atoms with van der Waals surface area (Å²) in [6.45, 7) is 0.423. The lowest BCUT2D eigenvalue weighted by Gasteiger charge is -2.13. The van der Waals surface area contributed by atoms with E-state index < -0.39 is 17.3 Å². The molecule has 2 N–H and O–H groups in total. The Bertz CT molecular complexity index is 1000. The Balaban J connectivity index is 1.51. The first-order valence-corrected chi connectivity index (χ1v) is 9.02. The van der Waals surface area contributed by atoms with Gasteiger partial charge in [0.05, 0.1) is 17.9 Å². The number of hydrogen-bond donors (Lipinski definition) is 2. The minimum absolute atomic E-state index is 0.224. The lowest BCUT2D eigenvalue weighted by Crippen LogP contribution is -2.13. The highest BCUT2D eigenvalue weighted by molar-refractivity contribution is 7.99. The number of nitrogens with zero attached hydrogens (tertiary/aromatic N) is 4. The molecule has 1 atom stereocenters. The van der Waals surface area contributed by atoms with E-state index in [1.165, 1.54) is 40.7 Å². The second-order valence-electron chi connectivity index (χ2n) is 6.19. The molecule has 0 radical (unpaired) electrons. The summed E-state index contributed by atoms with van der Waals surface area (Å²) in [4.78, 5) is 0. The number of benzene rings is 2. The summed E-state index contributed by atoms with van der Waals surface area (Å²) >= 11 is 1.27. The van der Waals surface area contributed by atoms with Gasteiger partial charge in [-0.15, -0.1) is 5.10 Å². The number of rotatable bonds is 5. The van der Waals surface area contributed by atoms with E-state index in [2.05, 4.69) is 15.5 Å². The number of ether oxygens (including phenoxy) is 1. The van der Waals surface area contributed by atoms with Crippen molar-refractivity contribution in [3.8, 4) is 17.2 Å². The van der Waals surface area contributed by atoms with Crippen LogP contribution >= 0.6 is 11.8 Å². The minimum atomic E-state index is -4.41. The van der Waals surface area contributed by atoms with Crippen LogP contribution in [-0.4, -0.2) is 42.8 Å². The molecule has 0 saturated carbocycles. The van der Waals surface area contributed by atoms with Crippen molar-refractivity contribution in [1.29, 1.82) is 0 Å². The lowest BCUT2D eigenvalue weighted by atomic mass is 10.0. The number of aromatic hydroxyl groups is 2. The highest BCUT2D eigenvalue weighted by atomic mass is 32.2. The molecule has 11 heteroatoms. The molecule has 3 aromatic rings. The molecule has 1 aromatic heterocycles. The molecule has 0 bridgehead atoms. The van der Waals surface area contributed by atoms with E-state index in [4.69, 9.17) is 4.74 Å². The Morgan fingerprint density at radius 2 is 1.82 bits per heavy atom. The van der Waals surface area contributed by atoms with Crippen molar-refractivity contribution < 1.29 is 28.1 Å². The topological polar surface area (TPSA) is 96.6 Å². The summed E-state index contributed by atoms with van der Waals surface area (Å²) < 4.78 is 45.0. The zero-order valence-corrected chi connectivity index (χ0v) is 14.9. The maximum absolute atomic E-state index is 12.7. The van der Waals surface area contributed by atoms with Crippen LogP contribution in [0.3, 0.4) is 0 Å². The fourth-order valence-electron chi connectivity index (χ4n) is 2.63. The van der Waals surface area contributed by atoms with Gasteiger partial charge < -0.3 is 14.9 Å². The first-order chi connectivity index (χ1) is 13.3. The maximum Gasteiger partial charge on any atom is 0.416 e. The highest BCUT2D eigenvalue weighted by Crippen LogP contribution is 2.45. The number of thioether (sulfide) groups is 1. The summed E-state index contributed by atoms with van der Waals surface area (Å²) in [5, 5.41) is 30.9. The van der Waals surface area contributed by atoms with Crippen LogP contribution in [-0.2, 0) is 16.5 Å². The molecule has 1 unspecified atom stereocenters. The molecule has 1 aliphatic rings. The average molecular weight is 410 g/mol. The van der Waals surface area contributed by atoms with Gasteiger partial charge in [0.15, 0.2) is 11.5 Å². The monoisotopic (exact) mass is 410 g/mol. The van der Waals surface area contributed by atoms with Crippen LogP contribution in [0.4, 0.5) is 13.2 Å². The van der Waals surface area contributed by atoms with Crippen molar-refractivity contribution >= 4 is 11.8 Å². The number of halogens is 3. The zero-order chi connectivity index (χ0) is 19.9. The number of hydrogen-bond acceptors (Lipinski definition) is 7. The quantitative estimate of drug-likeness (QED) is 0.379. The predicted octanol–water partition coefficient (Wildman–Crippen LogP) is 3.11. The van der Waals surface area contributed by atoms with E-state index in [1.807, 2.05) is 0 Å². The number of aromatic nitrogens is 4. The van der Waals surface area contributed by atoms with Crippen LogP contribution in [0, 0.1) is 0 Å². The van der Waals surface area contributed by atoms with E-state index in [0.717, 1.165) is 12.1 Å². The van der Waals surface area contributed by atoms with Gasteiger partial charge in [-0.25, -0.2) is 0 Å². The molecule has 1 fully saturated rings. The number of phenolic OH excluding ortho intramolecular Hbond substituents is 2. The number of tetrazole rings is 1. The molecule has 0 aliphatic carbocycles. The third-order valence-electron chi connectivity index (χ3n) is 4.31. The van der Waals surface area contributed by atoms with Gasteiger partial charge in [0.1, 0.15) is 5.60 Å². The summed E-state index contributed by atoms with van der Waals surface area (Å²) in [6, 6.07) is 9.00. The molecule has 1 saturated heterocycles. The standard InChI is InChI=1S/C17H13F3N4O3S/c18-17(19,20)10-1-4-12(5-2-10)24-15(21-22-23-24)28-9-16(8-27-16)11-3-6-13(25)14(26)7-11/h1-7,25-26H,8-9H2. The second kappa shape index (κ2) is 6.67. The predicted molar refractivity (Wildman–Crippen MR) is 92.3 cm³/mol. The van der Waals surface area contributed by atoms with Gasteiger partial charge in [-0.1, -0.05) is 17.8 Å². The molecule has 28 heavy (non-hydrogen) atoms. The molecule has 146 valence electrons. The minimum Gasteiger partial charge on any atom is -0.504 e. The van der Waals surface area contributed by atoms with E-state index in [9.17, 15) is 23.4 Å². The molecule has 2 aromatic carbocycles. The van der Waals surface area contributed by atoms with Crippen LogP contribution in [0.2, 0.25) is 0 Å². The van der Waals surface area contributed by atoms with Crippen molar-refractivity contribution in [3.63, 3.8) is 0 Å². The van der Waals surface area contributed by atoms with Crippen LogP contribution in [0.15, 0.2) is 47.6 Å². The summed E-state index contributed by atoms with van der Waals surface area (Å²) in [7, 11) is 0. The number of phenols is 2. The van der Waals surface area contributed by atoms with Gasteiger partial charge in [-0.3, -0.25) is 0 Å². The van der Waals surface area contributed by atoms with E-state index in [1.54, 1.807) is 6.07 Å². The maximum atomic E-state index is 12.7. The first kappa shape index (κ1) is 18.6. The lowest BCUT2D eigenvalue weighted by molar-refractivity contribution is -0.137. The Morgan fingerprint density at radius 3 is 2.43 bits per heavy atom. The average Bonchev–Trinajstić information content (AvgIpc) is 3.31. The Labute approximate surface area is 160 Å². The fourth-order valence-corrected chi connectivity index (χ4v) is 3.69. The van der Waals surface area contributed by atoms with Crippen molar-refractivity contribution in [1.82, 2.24) is 20.2 Å². The summed E-state index contributed by atoms with van der Waals surface area (Å²) in [5.41, 5.74) is -0.305. The number of epoxide rings is 1. The molecule has 4 rings (SSSR count). The van der Waals surface area contributed by atoms with E-state index in [0.29, 0.717) is 28.8 Å². The normalized spacial score (nSPS) is 19.0. The largest absolute Gasteiger partial charge is 0.504 e. The van der Waals surface area contributed by atoms with Crippen LogP contribution in [0.5, 0.6) is 11.5 Å². The van der Waals surface area contributed by atoms with Gasteiger partial charge in [-0.2, -0.15) is 17.9 Å². The van der Waals surface area contributed by atoms with Crippen molar-refractivity contribution in [2.24, 2.45) is 0 Å². The van der Waals surface area contributed by atoms with Crippen LogP contribution in [0.25, 0.3) is 5.69 Å². The molecule has 7 nitrogen and oxygen atoms in total. The highest BCUT2D eigenvalue weighted by Gasteiger charge is 2.47. The van der Waals surface area contributed by atoms with Gasteiger partial charge in [0.25, 0.3) is 0 Å². The summed E-state index contributed by atoms with van der Waals surface area (Å²) in [5.74, 6) is -0.0523. The Hall–Kier alpha value is -2.79. The summed E-state index contributed by atoms with van der Waals surface area (Å²) in [6.07, 6.45) is -4.41. The van der Waals surface area contributed by atoms with Crippen LogP contribution < -0.4 is 0 Å². The van der Waals surface area contributed by atoms with Gasteiger partial charge >= 0.3 is 6.18 Å². The van der Waals surface area contributed by atoms with E-state index >= 15 is 0 Å². The first-order valence-electron chi connectivity index (χ1n) is 8.04. The third-order valence-corrected chi connectivity index (χ3v) is 5.43. The molecule has 0 amide bonds. The van der Waals surface area contributed by atoms with Crippen LogP contribution in [0.1, 0.15) is 11.1 Å². The molecule has 0 spiro atoms. The third kappa shape index (κ3) is 3.50. The Kier molecular flexibility index (Phi) is 4.42. The smallest absolute Gasteiger partial charge is 0.416 e. The van der Waals surface area contributed by atoms with Crippen molar-refractivity contribution in [3.05, 3.63) is 53.6 Å². The van der Waals surface area contributed by atoms with Crippen molar-refractivity contribution in [2.75, 3.05) is 12.4 Å². The molecule has 1 aliphatic heterocycles. The van der Waals surface area contributed by atoms with Gasteiger partial charge in [-0.05, 0) is 52.4 Å². The van der Waals surface area contributed by atoms with Gasteiger partial charge in [0, 0.05) is 5.75 Å².